The lowest BCUT2D eigenvalue weighted by Crippen LogP contribution is -2.59. The summed E-state index contributed by atoms with van der Waals surface area (Å²) in [5.74, 6) is 3.40. The van der Waals surface area contributed by atoms with Crippen LogP contribution in [0.2, 0.25) is 0 Å². The average molecular weight is 343 g/mol. The van der Waals surface area contributed by atoms with E-state index in [1.165, 1.54) is 43.2 Å². The molecule has 2 heteroatoms. The molecule has 1 heterocycles. The van der Waals surface area contributed by atoms with Crippen molar-refractivity contribution in [2.75, 3.05) is 13.7 Å². The monoisotopic (exact) mass is 342 g/mol. The summed E-state index contributed by atoms with van der Waals surface area (Å²) >= 11 is 0. The summed E-state index contributed by atoms with van der Waals surface area (Å²) in [5.41, 5.74) is 3.86. The van der Waals surface area contributed by atoms with Crippen LogP contribution in [-0.4, -0.2) is 13.7 Å². The molecular weight excluding hydrogens is 308 g/mol. The van der Waals surface area contributed by atoms with Crippen molar-refractivity contribution >= 4 is 0 Å². The van der Waals surface area contributed by atoms with E-state index in [9.17, 15) is 0 Å². The molecule has 0 bridgehead atoms. The summed E-state index contributed by atoms with van der Waals surface area (Å²) in [6, 6.07) is 4.29. The van der Waals surface area contributed by atoms with Crippen LogP contribution in [0.25, 0.3) is 0 Å². The summed E-state index contributed by atoms with van der Waals surface area (Å²) in [6.45, 7) is 13.2. The van der Waals surface area contributed by atoms with Gasteiger partial charge in [-0.15, -0.1) is 0 Å². The van der Waals surface area contributed by atoms with Gasteiger partial charge in [0.05, 0.1) is 13.7 Å². The first-order valence-electron chi connectivity index (χ1n) is 10.0. The first-order valence-corrected chi connectivity index (χ1v) is 10.0. The first kappa shape index (κ1) is 17.2. The molecule has 0 radical (unpaired) electrons. The normalized spacial score (nSPS) is 38.8. The van der Waals surface area contributed by atoms with Gasteiger partial charge in [-0.3, -0.25) is 0 Å². The summed E-state index contributed by atoms with van der Waals surface area (Å²) in [5, 5.41) is 0. The Balaban J connectivity index is 1.82. The molecule has 0 N–H and O–H groups in total. The van der Waals surface area contributed by atoms with E-state index in [1.54, 1.807) is 7.11 Å². The molecule has 0 unspecified atom stereocenters. The van der Waals surface area contributed by atoms with Crippen molar-refractivity contribution in [1.82, 2.24) is 0 Å². The summed E-state index contributed by atoms with van der Waals surface area (Å²) in [6.07, 6.45) is 6.73. The van der Waals surface area contributed by atoms with Crippen LogP contribution in [0.3, 0.4) is 0 Å². The molecule has 0 spiro atoms. The highest BCUT2D eigenvalue weighted by Gasteiger charge is 2.60. The second-order valence-corrected chi connectivity index (χ2v) is 10.0. The molecule has 2 aliphatic carbocycles. The maximum absolute atomic E-state index is 6.38. The molecule has 138 valence electrons. The number of methoxy groups -OCH3 is 1. The van der Waals surface area contributed by atoms with Crippen molar-refractivity contribution in [2.24, 2.45) is 22.7 Å². The van der Waals surface area contributed by atoms with Crippen LogP contribution < -0.4 is 9.47 Å². The minimum Gasteiger partial charge on any atom is -0.497 e. The van der Waals surface area contributed by atoms with Crippen LogP contribution in [0, 0.1) is 29.6 Å². The first-order chi connectivity index (χ1) is 11.7. The van der Waals surface area contributed by atoms with E-state index in [0.29, 0.717) is 16.7 Å². The van der Waals surface area contributed by atoms with Gasteiger partial charge in [0.25, 0.3) is 0 Å². The molecule has 2 fully saturated rings. The maximum Gasteiger partial charge on any atom is 0.127 e. The van der Waals surface area contributed by atoms with Crippen LogP contribution >= 0.6 is 0 Å². The van der Waals surface area contributed by atoms with E-state index < -0.39 is 0 Å². The number of fused-ring (bicyclic) bond motifs is 5. The number of hydrogen-bond donors (Lipinski definition) is 0. The van der Waals surface area contributed by atoms with E-state index in [0.717, 1.165) is 24.0 Å². The Morgan fingerprint density at radius 1 is 1.04 bits per heavy atom. The van der Waals surface area contributed by atoms with Gasteiger partial charge in [0.2, 0.25) is 0 Å². The number of ether oxygens (including phenoxy) is 2. The molecular formula is C23H34O2. The molecule has 2 saturated carbocycles. The van der Waals surface area contributed by atoms with Gasteiger partial charge in [-0.05, 0) is 61.0 Å². The van der Waals surface area contributed by atoms with Gasteiger partial charge >= 0.3 is 0 Å². The van der Waals surface area contributed by atoms with Crippen molar-refractivity contribution < 1.29 is 9.47 Å². The van der Waals surface area contributed by atoms with Crippen LogP contribution in [0.5, 0.6) is 11.5 Å². The predicted octanol–water partition coefficient (Wildman–Crippen LogP) is 5.90. The Kier molecular flexibility index (Phi) is 3.73. The number of hydrogen-bond acceptors (Lipinski definition) is 2. The second kappa shape index (κ2) is 5.41. The van der Waals surface area contributed by atoms with Gasteiger partial charge < -0.3 is 9.47 Å². The van der Waals surface area contributed by atoms with Gasteiger partial charge in [-0.1, -0.05) is 34.1 Å². The minimum absolute atomic E-state index is 0.225. The minimum atomic E-state index is 0.225. The number of aryl methyl sites for hydroxylation is 1. The lowest BCUT2D eigenvalue weighted by molar-refractivity contribution is -0.123. The molecule has 0 aromatic heterocycles. The van der Waals surface area contributed by atoms with E-state index in [4.69, 9.17) is 9.47 Å². The van der Waals surface area contributed by atoms with Crippen LogP contribution in [0.4, 0.5) is 0 Å². The lowest BCUT2D eigenvalue weighted by atomic mass is 9.42. The highest BCUT2D eigenvalue weighted by molar-refractivity contribution is 5.52. The third kappa shape index (κ3) is 2.28. The SMILES string of the molecule is COc1cc(C)c2c(c1)OC[C@@H]1[C@@]3(C)CCCC(C)(C)[C@@H]3CC[C@@]21C. The Morgan fingerprint density at radius 3 is 2.52 bits per heavy atom. The third-order valence-electron chi connectivity index (χ3n) is 8.28. The van der Waals surface area contributed by atoms with Crippen LogP contribution in [0.1, 0.15) is 70.9 Å². The second-order valence-electron chi connectivity index (χ2n) is 10.0. The summed E-state index contributed by atoms with van der Waals surface area (Å²) in [4.78, 5) is 0. The zero-order valence-electron chi connectivity index (χ0n) is 16.9. The molecule has 0 saturated heterocycles. The average Bonchev–Trinajstić information content (AvgIpc) is 2.52. The third-order valence-corrected chi connectivity index (χ3v) is 8.28. The fourth-order valence-corrected chi connectivity index (χ4v) is 7.18. The fourth-order valence-electron chi connectivity index (χ4n) is 7.18. The quantitative estimate of drug-likeness (QED) is 0.633. The molecule has 0 amide bonds. The molecule has 3 aliphatic rings. The predicted molar refractivity (Wildman–Crippen MR) is 103 cm³/mol. The van der Waals surface area contributed by atoms with Crippen molar-refractivity contribution in [1.29, 1.82) is 0 Å². The molecule has 1 aliphatic heterocycles. The Morgan fingerprint density at radius 2 is 1.80 bits per heavy atom. The largest absolute Gasteiger partial charge is 0.497 e. The topological polar surface area (TPSA) is 18.5 Å². The van der Waals surface area contributed by atoms with Gasteiger partial charge in [-0.25, -0.2) is 0 Å². The van der Waals surface area contributed by atoms with E-state index in [-0.39, 0.29) is 5.41 Å². The van der Waals surface area contributed by atoms with Gasteiger partial charge in [0.15, 0.2) is 0 Å². The Labute approximate surface area is 153 Å². The van der Waals surface area contributed by atoms with E-state index >= 15 is 0 Å². The highest BCUT2D eigenvalue weighted by atomic mass is 16.5. The molecule has 25 heavy (non-hydrogen) atoms. The van der Waals surface area contributed by atoms with Crippen LogP contribution in [-0.2, 0) is 5.41 Å². The lowest BCUT2D eigenvalue weighted by Gasteiger charge is -2.63. The van der Waals surface area contributed by atoms with Crippen molar-refractivity contribution in [3.63, 3.8) is 0 Å². The zero-order valence-corrected chi connectivity index (χ0v) is 16.9. The molecule has 1 aromatic rings. The highest BCUT2D eigenvalue weighted by Crippen LogP contribution is 2.66. The van der Waals surface area contributed by atoms with E-state index in [1.807, 2.05) is 0 Å². The van der Waals surface area contributed by atoms with Gasteiger partial charge in [-0.2, -0.15) is 0 Å². The van der Waals surface area contributed by atoms with Crippen molar-refractivity contribution in [2.45, 2.75) is 72.1 Å². The number of rotatable bonds is 1. The van der Waals surface area contributed by atoms with Crippen LogP contribution in [0.15, 0.2) is 12.1 Å². The number of benzene rings is 1. The van der Waals surface area contributed by atoms with E-state index in [2.05, 4.69) is 46.8 Å². The standard InChI is InChI=1S/C23H34O2/c1-15-12-16(24-6)13-17-20(15)23(5)11-8-18-21(2,3)9-7-10-22(18,4)19(23)14-25-17/h12-13,18-19H,7-11,14H2,1-6H3/t18-,19+,22-,23+/m0/s1. The Bertz CT molecular complexity index is 692. The smallest absolute Gasteiger partial charge is 0.127 e. The van der Waals surface area contributed by atoms with Gasteiger partial charge in [0, 0.05) is 23.0 Å². The molecule has 4 rings (SSSR count). The fraction of sp³-hybridized carbons (Fsp3) is 0.739. The van der Waals surface area contributed by atoms with Gasteiger partial charge in [0.1, 0.15) is 11.5 Å². The van der Waals surface area contributed by atoms with Crippen molar-refractivity contribution in [3.8, 4) is 11.5 Å². The maximum atomic E-state index is 6.38. The molecule has 4 atom stereocenters. The summed E-state index contributed by atoms with van der Waals surface area (Å²) < 4.78 is 11.9. The Hall–Kier alpha value is -1.18. The summed E-state index contributed by atoms with van der Waals surface area (Å²) in [7, 11) is 1.74. The van der Waals surface area contributed by atoms with Crippen molar-refractivity contribution in [3.05, 3.63) is 23.3 Å². The molecule has 2 nitrogen and oxygen atoms in total. The zero-order chi connectivity index (χ0) is 18.0. The molecule has 1 aromatic carbocycles.